The highest BCUT2D eigenvalue weighted by Crippen LogP contribution is 2.49. The van der Waals surface area contributed by atoms with E-state index in [1.165, 1.54) is 0 Å². The van der Waals surface area contributed by atoms with E-state index in [2.05, 4.69) is 5.32 Å². The Bertz CT molecular complexity index is 357. The van der Waals surface area contributed by atoms with Crippen LogP contribution in [0, 0.1) is 5.41 Å². The molecule has 19 heavy (non-hydrogen) atoms. The van der Waals surface area contributed by atoms with Crippen LogP contribution in [0.1, 0.15) is 40.0 Å². The number of hydrogen-bond donors (Lipinski definition) is 3. The maximum atomic E-state index is 12.1. The number of hydrogen-bond acceptors (Lipinski definition) is 4. The monoisotopic (exact) mass is 272 g/mol. The Morgan fingerprint density at radius 2 is 2.11 bits per heavy atom. The van der Waals surface area contributed by atoms with Gasteiger partial charge in [-0.2, -0.15) is 0 Å². The zero-order valence-corrected chi connectivity index (χ0v) is 11.9. The van der Waals surface area contributed by atoms with E-state index in [4.69, 9.17) is 15.6 Å². The van der Waals surface area contributed by atoms with Crippen molar-refractivity contribution in [1.29, 1.82) is 0 Å². The molecule has 0 aromatic carbocycles. The molecule has 0 aliphatic heterocycles. The summed E-state index contributed by atoms with van der Waals surface area (Å²) in [7, 11) is 0. The molecule has 1 saturated carbocycles. The van der Waals surface area contributed by atoms with Crippen molar-refractivity contribution in [3.63, 3.8) is 0 Å². The molecule has 0 saturated heterocycles. The van der Waals surface area contributed by atoms with Crippen molar-refractivity contribution in [1.82, 2.24) is 5.32 Å². The van der Waals surface area contributed by atoms with Crippen LogP contribution in [0.25, 0.3) is 0 Å². The summed E-state index contributed by atoms with van der Waals surface area (Å²) in [6.45, 7) is 6.70. The molecule has 6 heteroatoms. The average molecular weight is 272 g/mol. The fourth-order valence-electron chi connectivity index (χ4n) is 2.42. The van der Waals surface area contributed by atoms with Crippen molar-refractivity contribution in [2.45, 2.75) is 51.7 Å². The number of amides is 1. The predicted octanol–water partition coefficient (Wildman–Crippen LogP) is 0.500. The fourth-order valence-corrected chi connectivity index (χ4v) is 2.42. The number of nitrogens with two attached hydrogens (primary N) is 1. The van der Waals surface area contributed by atoms with Crippen molar-refractivity contribution in [2.24, 2.45) is 11.1 Å². The van der Waals surface area contributed by atoms with Gasteiger partial charge in [0.2, 0.25) is 5.91 Å². The molecule has 1 amide bonds. The van der Waals surface area contributed by atoms with Gasteiger partial charge in [-0.05, 0) is 13.3 Å². The molecule has 0 aromatic rings. The van der Waals surface area contributed by atoms with Crippen LogP contribution in [-0.2, 0) is 14.3 Å². The minimum absolute atomic E-state index is 0.00716. The molecule has 2 unspecified atom stereocenters. The first-order valence-electron chi connectivity index (χ1n) is 6.66. The second-order valence-corrected chi connectivity index (χ2v) is 5.59. The first-order valence-corrected chi connectivity index (χ1v) is 6.66. The number of aliphatic carboxylic acids is 1. The summed E-state index contributed by atoms with van der Waals surface area (Å²) in [5.41, 5.74) is 4.83. The maximum Gasteiger partial charge on any atom is 0.303 e. The number of carbonyl (C=O) groups is 2. The molecule has 0 spiro atoms. The van der Waals surface area contributed by atoms with E-state index < -0.39 is 16.9 Å². The van der Waals surface area contributed by atoms with Crippen LogP contribution < -0.4 is 11.1 Å². The summed E-state index contributed by atoms with van der Waals surface area (Å²) in [4.78, 5) is 22.5. The molecule has 0 aromatic heterocycles. The molecular weight excluding hydrogens is 248 g/mol. The molecule has 0 bridgehead atoms. The van der Waals surface area contributed by atoms with Crippen molar-refractivity contribution >= 4 is 11.9 Å². The van der Waals surface area contributed by atoms with E-state index in [1.807, 2.05) is 20.8 Å². The third-order valence-electron chi connectivity index (χ3n) is 4.09. The van der Waals surface area contributed by atoms with Gasteiger partial charge in [-0.3, -0.25) is 9.59 Å². The molecule has 2 atom stereocenters. The number of carbonyl (C=O) groups excluding carboxylic acids is 1. The van der Waals surface area contributed by atoms with Crippen molar-refractivity contribution in [3.8, 4) is 0 Å². The largest absolute Gasteiger partial charge is 0.481 e. The molecule has 1 aliphatic carbocycles. The Morgan fingerprint density at radius 1 is 1.47 bits per heavy atom. The second kappa shape index (κ2) is 5.88. The van der Waals surface area contributed by atoms with E-state index in [0.717, 1.165) is 0 Å². The van der Waals surface area contributed by atoms with Crippen molar-refractivity contribution in [2.75, 3.05) is 13.2 Å². The van der Waals surface area contributed by atoms with Gasteiger partial charge in [-0.1, -0.05) is 13.8 Å². The maximum absolute atomic E-state index is 12.1. The van der Waals surface area contributed by atoms with Gasteiger partial charge in [0.05, 0.1) is 6.10 Å². The highest BCUT2D eigenvalue weighted by molar-refractivity contribution is 5.88. The first kappa shape index (κ1) is 15.9. The lowest BCUT2D eigenvalue weighted by Gasteiger charge is -2.57. The molecule has 110 valence electrons. The predicted molar refractivity (Wildman–Crippen MR) is 70.6 cm³/mol. The topological polar surface area (TPSA) is 102 Å². The van der Waals surface area contributed by atoms with Crippen LogP contribution in [0.3, 0.4) is 0 Å². The lowest BCUT2D eigenvalue weighted by Crippen LogP contribution is -2.75. The van der Waals surface area contributed by atoms with Crippen LogP contribution in [0.5, 0.6) is 0 Å². The zero-order valence-electron chi connectivity index (χ0n) is 11.9. The average Bonchev–Trinajstić information content (AvgIpc) is 2.33. The van der Waals surface area contributed by atoms with E-state index >= 15 is 0 Å². The number of rotatable bonds is 7. The molecule has 1 aliphatic rings. The minimum atomic E-state index is -0.934. The van der Waals surface area contributed by atoms with Gasteiger partial charge in [-0.25, -0.2) is 0 Å². The quantitative estimate of drug-likeness (QED) is 0.586. The van der Waals surface area contributed by atoms with E-state index in [9.17, 15) is 9.59 Å². The first-order chi connectivity index (χ1) is 8.75. The van der Waals surface area contributed by atoms with E-state index in [-0.39, 0.29) is 18.4 Å². The van der Waals surface area contributed by atoms with Gasteiger partial charge in [-0.15, -0.1) is 0 Å². The summed E-state index contributed by atoms with van der Waals surface area (Å²) >= 11 is 0. The smallest absolute Gasteiger partial charge is 0.303 e. The Balaban J connectivity index is 2.46. The summed E-state index contributed by atoms with van der Waals surface area (Å²) in [6.07, 6.45) is 0.945. The van der Waals surface area contributed by atoms with Gasteiger partial charge in [0.25, 0.3) is 0 Å². The lowest BCUT2D eigenvalue weighted by atomic mass is 9.54. The minimum Gasteiger partial charge on any atom is -0.481 e. The molecule has 6 nitrogen and oxygen atoms in total. The number of nitrogens with one attached hydrogen (secondary N) is 1. The van der Waals surface area contributed by atoms with Crippen LogP contribution in [0.4, 0.5) is 0 Å². The van der Waals surface area contributed by atoms with Gasteiger partial charge in [0, 0.05) is 31.4 Å². The lowest BCUT2D eigenvalue weighted by molar-refractivity contribution is -0.170. The molecule has 0 radical (unpaired) electrons. The van der Waals surface area contributed by atoms with Crippen molar-refractivity contribution in [3.05, 3.63) is 0 Å². The van der Waals surface area contributed by atoms with Crippen LogP contribution >= 0.6 is 0 Å². The molecule has 1 rings (SSSR count). The Kier molecular flexibility index (Phi) is 4.92. The van der Waals surface area contributed by atoms with Gasteiger partial charge < -0.3 is 20.9 Å². The Hall–Kier alpha value is -1.14. The number of ether oxygens (including phenoxy) is 1. The third kappa shape index (κ3) is 3.06. The van der Waals surface area contributed by atoms with Gasteiger partial charge in [0.15, 0.2) is 0 Å². The standard InChI is InChI=1S/C13H24N2O4/c1-4-19-9-8-13(14,12(9,2)3)11(18)15-7-5-6-10(16)17/h9H,4-8,14H2,1-3H3,(H,15,18)(H,16,17). The van der Waals surface area contributed by atoms with Gasteiger partial charge >= 0.3 is 5.97 Å². The van der Waals surface area contributed by atoms with Crippen LogP contribution in [0.15, 0.2) is 0 Å². The normalized spacial score (nSPS) is 28.5. The SMILES string of the molecule is CCOC1CC(N)(C(=O)NCCCC(=O)O)C1(C)C. The summed E-state index contributed by atoms with van der Waals surface area (Å²) in [6, 6.07) is 0. The second-order valence-electron chi connectivity index (χ2n) is 5.59. The highest BCUT2D eigenvalue weighted by atomic mass is 16.5. The van der Waals surface area contributed by atoms with Crippen molar-refractivity contribution < 1.29 is 19.4 Å². The fraction of sp³-hybridized carbons (Fsp3) is 0.846. The number of carboxylic acid groups (broad SMARTS) is 1. The molecule has 1 fully saturated rings. The van der Waals surface area contributed by atoms with E-state index in [1.54, 1.807) is 0 Å². The Labute approximate surface area is 113 Å². The van der Waals surface area contributed by atoms with Gasteiger partial charge in [0.1, 0.15) is 5.54 Å². The third-order valence-corrected chi connectivity index (χ3v) is 4.09. The number of carboxylic acids is 1. The van der Waals surface area contributed by atoms with Crippen LogP contribution in [-0.4, -0.2) is 41.8 Å². The highest BCUT2D eigenvalue weighted by Gasteiger charge is 2.62. The summed E-state index contributed by atoms with van der Waals surface area (Å²) in [5, 5.41) is 11.2. The van der Waals surface area contributed by atoms with Crippen LogP contribution in [0.2, 0.25) is 0 Å². The Morgan fingerprint density at radius 3 is 2.58 bits per heavy atom. The molecular formula is C13H24N2O4. The zero-order chi connectivity index (χ0) is 14.7. The summed E-state index contributed by atoms with van der Waals surface area (Å²) < 4.78 is 5.56. The summed E-state index contributed by atoms with van der Waals surface area (Å²) in [5.74, 6) is -1.09. The molecule has 4 N–H and O–H groups in total. The molecule has 0 heterocycles. The van der Waals surface area contributed by atoms with E-state index in [0.29, 0.717) is 26.0 Å².